The van der Waals surface area contributed by atoms with Crippen LogP contribution in [0.3, 0.4) is 0 Å². The molecule has 0 spiro atoms. The van der Waals surface area contributed by atoms with Gasteiger partial charge in [-0.15, -0.1) is 0 Å². The summed E-state index contributed by atoms with van der Waals surface area (Å²) in [6, 6.07) is 8.42. The lowest BCUT2D eigenvalue weighted by molar-refractivity contribution is -0.326. The van der Waals surface area contributed by atoms with Crippen molar-refractivity contribution in [3.05, 3.63) is 53.3 Å². The lowest BCUT2D eigenvalue weighted by Gasteiger charge is -2.43. The fraction of sp³-hybridized carbons (Fsp3) is 0.483. The number of carbonyl (C=O) groups is 1. The molecule has 3 aliphatic heterocycles. The number of benzene rings is 2. The zero-order valence-electron chi connectivity index (χ0n) is 23.6. The second-order valence-corrected chi connectivity index (χ2v) is 10.8. The van der Waals surface area contributed by atoms with E-state index in [1.807, 2.05) is 0 Å². The van der Waals surface area contributed by atoms with Gasteiger partial charge in [-0.25, -0.2) is 0 Å². The number of aliphatic hydroxyl groups is 6. The molecule has 44 heavy (non-hydrogen) atoms. The highest BCUT2D eigenvalue weighted by Gasteiger charge is 2.49. The minimum atomic E-state index is -1.78. The van der Waals surface area contributed by atoms with Crippen LogP contribution in [-0.2, 0) is 28.5 Å². The number of phenols is 3. The van der Waals surface area contributed by atoms with Gasteiger partial charge in [0.15, 0.2) is 18.2 Å². The molecule has 2 fully saturated rings. The Labute approximate surface area is 250 Å². The molecule has 9 N–H and O–H groups in total. The Morgan fingerprint density at radius 3 is 2.25 bits per heavy atom. The van der Waals surface area contributed by atoms with Gasteiger partial charge in [0.1, 0.15) is 59.4 Å². The largest absolute Gasteiger partial charge is 0.571 e. The fourth-order valence-corrected chi connectivity index (χ4v) is 5.21. The summed E-state index contributed by atoms with van der Waals surface area (Å²) >= 11 is 0. The first-order chi connectivity index (χ1) is 20.8. The van der Waals surface area contributed by atoms with Crippen LogP contribution in [0.4, 0.5) is 0 Å². The lowest BCUT2D eigenvalue weighted by Crippen LogP contribution is -2.61. The van der Waals surface area contributed by atoms with Crippen molar-refractivity contribution in [1.29, 1.82) is 0 Å². The average molecular weight is 624 g/mol. The van der Waals surface area contributed by atoms with E-state index in [-0.39, 0.29) is 34.3 Å². The van der Waals surface area contributed by atoms with Crippen LogP contribution >= 0.6 is 0 Å². The molecular formula is C29H35O15+. The van der Waals surface area contributed by atoms with Gasteiger partial charge in [-0.2, -0.15) is 0 Å². The Kier molecular flexibility index (Phi) is 9.20. The predicted octanol–water partition coefficient (Wildman–Crippen LogP) is -0.620. The van der Waals surface area contributed by atoms with E-state index in [0.29, 0.717) is 5.56 Å². The number of phenolic OH excluding ortho intramolecular Hbond substituents is 3. The maximum atomic E-state index is 11.6. The highest BCUT2D eigenvalue weighted by molar-refractivity contribution is 5.69. The van der Waals surface area contributed by atoms with Crippen LogP contribution < -0.4 is 0 Å². The fourth-order valence-electron chi connectivity index (χ4n) is 5.21. The molecule has 0 aliphatic carbocycles. The van der Waals surface area contributed by atoms with Crippen LogP contribution in [0.1, 0.15) is 31.1 Å². The maximum absolute atomic E-state index is 11.6. The zero-order chi connectivity index (χ0) is 31.9. The van der Waals surface area contributed by atoms with Crippen LogP contribution in [0.15, 0.2) is 42.2 Å². The second-order valence-electron chi connectivity index (χ2n) is 10.8. The van der Waals surface area contributed by atoms with Gasteiger partial charge in [0.2, 0.25) is 6.29 Å². The van der Waals surface area contributed by atoms with Gasteiger partial charge in [-0.05, 0) is 31.2 Å². The highest BCUT2D eigenvalue weighted by atomic mass is 16.7. The molecule has 11 atom stereocenters. The normalized spacial score (nSPS) is 35.2. The lowest BCUT2D eigenvalue weighted by atomic mass is 9.98. The minimum absolute atomic E-state index is 0.00741. The smallest absolute Gasteiger partial charge is 0.303 e. The number of rotatable bonds is 7. The van der Waals surface area contributed by atoms with Crippen molar-refractivity contribution in [1.82, 2.24) is 0 Å². The standard InChI is InChI=1S/C29H34O15/c1-11-21(34)24(37)27(41-12(2)30)29(40-11)39-10-20-22(35)23(36)25(38)28(44-20)43-19-9-16-17(33)7-15(32)8-18(16)42-26(19)13-3-5-14(31)6-4-13/h3-9,11,20-29,31-38H,10H2,1-2H3/p+1/t11-,20+,21-,22+,23-,24+,25+,26?,27-,28+,29+/m0/s1. The Hall–Kier alpha value is -3.67. The summed E-state index contributed by atoms with van der Waals surface area (Å²) < 4.78 is 32.7. The third-order valence-corrected chi connectivity index (χ3v) is 7.59. The van der Waals surface area contributed by atoms with Crippen molar-refractivity contribution < 1.29 is 74.1 Å². The molecule has 3 aliphatic rings. The number of hydrogen-bond acceptors (Lipinski definition) is 14. The van der Waals surface area contributed by atoms with Gasteiger partial charge in [0.25, 0.3) is 11.9 Å². The molecule has 0 aromatic heterocycles. The summed E-state index contributed by atoms with van der Waals surface area (Å²) in [6.07, 6.45) is -14.3. The first-order valence-electron chi connectivity index (χ1n) is 13.8. The SMILES string of the molecule is CC(=O)O[C@@H]1[C@H](OC[C@H]2O[C@@H](OC3=Cc4c(O)cc(O)cc4[OH+]C3c3ccc(O)cc3)[C@H](O)[C@@H](O)[C@@H]2O)O[C@@H](C)[C@H](O)[C@H]1O. The number of fused-ring (bicyclic) bond motifs is 1. The van der Waals surface area contributed by atoms with Crippen LogP contribution in [-0.4, -0.2) is 120 Å². The molecule has 0 saturated carbocycles. The van der Waals surface area contributed by atoms with E-state index < -0.39 is 80.1 Å². The van der Waals surface area contributed by atoms with Crippen molar-refractivity contribution in [2.45, 2.75) is 81.4 Å². The van der Waals surface area contributed by atoms with Crippen LogP contribution in [0.25, 0.3) is 6.08 Å². The van der Waals surface area contributed by atoms with Gasteiger partial charge in [-0.1, -0.05) is 0 Å². The van der Waals surface area contributed by atoms with Crippen LogP contribution in [0, 0.1) is 0 Å². The molecule has 15 heteroatoms. The Bertz CT molecular complexity index is 1360. The summed E-state index contributed by atoms with van der Waals surface area (Å²) in [4.78, 5) is 11.6. The van der Waals surface area contributed by atoms with Crippen molar-refractivity contribution in [3.63, 3.8) is 0 Å². The number of esters is 1. The topological polar surface area (TPSA) is 238 Å². The molecule has 240 valence electrons. The molecular weight excluding hydrogens is 588 g/mol. The van der Waals surface area contributed by atoms with Crippen molar-refractivity contribution in [2.75, 3.05) is 6.61 Å². The number of aliphatic hydroxyl groups excluding tert-OH is 5. The van der Waals surface area contributed by atoms with Gasteiger partial charge >= 0.3 is 5.97 Å². The first-order valence-corrected chi connectivity index (χ1v) is 13.8. The molecule has 3 heterocycles. The minimum Gasteiger partial charge on any atom is -0.571 e. The number of aromatic hydroxyl groups is 4. The predicted molar refractivity (Wildman–Crippen MR) is 146 cm³/mol. The molecule has 0 amide bonds. The molecule has 2 aromatic carbocycles. The third kappa shape index (κ3) is 6.40. The molecule has 2 aromatic rings. The van der Waals surface area contributed by atoms with E-state index in [2.05, 4.69) is 4.74 Å². The van der Waals surface area contributed by atoms with Gasteiger partial charge in [0, 0.05) is 19.1 Å². The highest BCUT2D eigenvalue weighted by Crippen LogP contribution is 2.45. The van der Waals surface area contributed by atoms with Crippen LogP contribution in [0.2, 0.25) is 0 Å². The van der Waals surface area contributed by atoms with Crippen LogP contribution in [0.5, 0.6) is 23.0 Å². The quantitative estimate of drug-likeness (QED) is 0.142. The Balaban J connectivity index is 1.38. The van der Waals surface area contributed by atoms with E-state index in [1.54, 1.807) is 12.1 Å². The summed E-state index contributed by atoms with van der Waals surface area (Å²) in [5.74, 6) is -1.04. The van der Waals surface area contributed by atoms with E-state index in [0.717, 1.165) is 13.0 Å². The number of ether oxygens (including phenoxy) is 6. The van der Waals surface area contributed by atoms with Crippen molar-refractivity contribution in [2.24, 2.45) is 0 Å². The summed E-state index contributed by atoms with van der Waals surface area (Å²) in [5, 5.41) is 82.9. The Morgan fingerprint density at radius 2 is 1.57 bits per heavy atom. The van der Waals surface area contributed by atoms with E-state index in [4.69, 9.17) is 23.7 Å². The first kappa shape index (κ1) is 31.7. The van der Waals surface area contributed by atoms with E-state index in [1.165, 1.54) is 31.2 Å². The van der Waals surface area contributed by atoms with Crippen molar-refractivity contribution >= 4 is 12.0 Å². The average Bonchev–Trinajstić information content (AvgIpc) is 2.97. The van der Waals surface area contributed by atoms with E-state index >= 15 is 0 Å². The summed E-state index contributed by atoms with van der Waals surface area (Å²) in [7, 11) is 0. The summed E-state index contributed by atoms with van der Waals surface area (Å²) in [6.45, 7) is 2.06. The summed E-state index contributed by atoms with van der Waals surface area (Å²) in [5.41, 5.74) is 0.716. The molecule has 15 nitrogen and oxygen atoms in total. The number of hydrogen-bond donors (Lipinski definition) is 8. The molecule has 0 radical (unpaired) electrons. The zero-order valence-corrected chi connectivity index (χ0v) is 23.6. The van der Waals surface area contributed by atoms with Gasteiger partial charge in [-0.3, -0.25) is 4.79 Å². The second kappa shape index (κ2) is 12.7. The maximum Gasteiger partial charge on any atom is 0.303 e. The van der Waals surface area contributed by atoms with Gasteiger partial charge in [0.05, 0.1) is 24.3 Å². The van der Waals surface area contributed by atoms with Crippen molar-refractivity contribution in [3.8, 4) is 23.0 Å². The third-order valence-electron chi connectivity index (χ3n) is 7.59. The van der Waals surface area contributed by atoms with Gasteiger partial charge < -0.3 is 69.3 Å². The molecule has 1 unspecified atom stereocenters. The Morgan fingerprint density at radius 1 is 0.864 bits per heavy atom. The molecule has 5 rings (SSSR count). The molecule has 2 saturated heterocycles. The monoisotopic (exact) mass is 623 g/mol. The molecule has 0 bridgehead atoms. The number of carbonyl (C=O) groups excluding carboxylic acids is 1. The van der Waals surface area contributed by atoms with E-state index in [9.17, 15) is 45.6 Å².